The molecule has 4 nitrogen and oxygen atoms in total. The van der Waals surface area contributed by atoms with Gasteiger partial charge in [0.25, 0.3) is 0 Å². The third-order valence-corrected chi connectivity index (χ3v) is 3.15. The van der Waals surface area contributed by atoms with Crippen molar-refractivity contribution < 1.29 is 5.11 Å². The molecule has 0 unspecified atom stereocenters. The molecule has 0 aliphatic heterocycles. The number of nitrogens with two attached hydrogens (primary N) is 1. The topological polar surface area (TPSA) is 64.1 Å². The minimum atomic E-state index is 0.183. The summed E-state index contributed by atoms with van der Waals surface area (Å²) in [6.07, 6.45) is 3.29. The van der Waals surface area contributed by atoms with Crippen LogP contribution < -0.4 is 5.73 Å². The predicted molar refractivity (Wildman–Crippen MR) is 72.3 cm³/mol. The molecule has 18 heavy (non-hydrogen) atoms. The SMILES string of the molecule is Cc1ccccc1Cn1ncc(CCCO)c1N. The molecule has 0 spiro atoms. The Morgan fingerprint density at radius 3 is 2.78 bits per heavy atom. The lowest BCUT2D eigenvalue weighted by Gasteiger charge is -2.08. The maximum atomic E-state index is 8.83. The van der Waals surface area contributed by atoms with Gasteiger partial charge in [-0.25, -0.2) is 4.68 Å². The second-order valence-electron chi connectivity index (χ2n) is 4.47. The molecule has 96 valence electrons. The zero-order chi connectivity index (χ0) is 13.0. The summed E-state index contributed by atoms with van der Waals surface area (Å²) in [5.41, 5.74) is 9.54. The van der Waals surface area contributed by atoms with Gasteiger partial charge in [0.15, 0.2) is 0 Å². The number of rotatable bonds is 5. The van der Waals surface area contributed by atoms with Gasteiger partial charge < -0.3 is 10.8 Å². The lowest BCUT2D eigenvalue weighted by Crippen LogP contribution is -2.07. The number of hydrogen-bond acceptors (Lipinski definition) is 3. The van der Waals surface area contributed by atoms with Crippen LogP contribution in [0.3, 0.4) is 0 Å². The summed E-state index contributed by atoms with van der Waals surface area (Å²) in [4.78, 5) is 0. The second kappa shape index (κ2) is 5.69. The third-order valence-electron chi connectivity index (χ3n) is 3.15. The van der Waals surface area contributed by atoms with Gasteiger partial charge in [0, 0.05) is 12.2 Å². The summed E-state index contributed by atoms with van der Waals surface area (Å²) in [5.74, 6) is 0.701. The molecular formula is C14H19N3O. The van der Waals surface area contributed by atoms with E-state index >= 15 is 0 Å². The average molecular weight is 245 g/mol. The fourth-order valence-electron chi connectivity index (χ4n) is 1.97. The lowest BCUT2D eigenvalue weighted by atomic mass is 10.1. The summed E-state index contributed by atoms with van der Waals surface area (Å²) in [6, 6.07) is 8.22. The van der Waals surface area contributed by atoms with E-state index in [0.29, 0.717) is 12.4 Å². The van der Waals surface area contributed by atoms with E-state index in [1.165, 1.54) is 11.1 Å². The van der Waals surface area contributed by atoms with Crippen LogP contribution in [-0.4, -0.2) is 21.5 Å². The molecule has 1 heterocycles. The van der Waals surface area contributed by atoms with E-state index in [9.17, 15) is 0 Å². The van der Waals surface area contributed by atoms with Crippen molar-refractivity contribution in [2.75, 3.05) is 12.3 Å². The van der Waals surface area contributed by atoms with Gasteiger partial charge in [-0.05, 0) is 30.9 Å². The Morgan fingerprint density at radius 1 is 1.28 bits per heavy atom. The summed E-state index contributed by atoms with van der Waals surface area (Å²) < 4.78 is 1.81. The van der Waals surface area contributed by atoms with E-state index in [4.69, 9.17) is 10.8 Å². The van der Waals surface area contributed by atoms with Crippen molar-refractivity contribution in [3.63, 3.8) is 0 Å². The zero-order valence-corrected chi connectivity index (χ0v) is 10.6. The Balaban J connectivity index is 2.15. The van der Waals surface area contributed by atoms with E-state index in [-0.39, 0.29) is 6.61 Å². The molecule has 0 saturated heterocycles. The highest BCUT2D eigenvalue weighted by Gasteiger charge is 2.08. The largest absolute Gasteiger partial charge is 0.396 e. The molecule has 0 saturated carbocycles. The van der Waals surface area contributed by atoms with E-state index in [0.717, 1.165) is 18.4 Å². The van der Waals surface area contributed by atoms with Crippen LogP contribution >= 0.6 is 0 Å². The lowest BCUT2D eigenvalue weighted by molar-refractivity contribution is 0.288. The van der Waals surface area contributed by atoms with Crippen LogP contribution in [0.5, 0.6) is 0 Å². The summed E-state index contributed by atoms with van der Waals surface area (Å²) in [5, 5.41) is 13.1. The summed E-state index contributed by atoms with van der Waals surface area (Å²) in [6.45, 7) is 2.96. The number of aliphatic hydroxyl groups is 1. The number of nitrogens with zero attached hydrogens (tertiary/aromatic N) is 2. The van der Waals surface area contributed by atoms with Gasteiger partial charge >= 0.3 is 0 Å². The van der Waals surface area contributed by atoms with Crippen LogP contribution in [0.1, 0.15) is 23.1 Å². The van der Waals surface area contributed by atoms with E-state index < -0.39 is 0 Å². The smallest absolute Gasteiger partial charge is 0.125 e. The molecule has 3 N–H and O–H groups in total. The summed E-state index contributed by atoms with van der Waals surface area (Å²) >= 11 is 0. The standard InChI is InChI=1S/C14H19N3O/c1-11-5-2-3-6-13(11)10-17-14(15)12(9-16-17)7-4-8-18/h2-3,5-6,9,18H,4,7-8,10,15H2,1H3. The van der Waals surface area contributed by atoms with Crippen LogP contribution in [0.15, 0.2) is 30.5 Å². The first-order valence-corrected chi connectivity index (χ1v) is 6.18. The van der Waals surface area contributed by atoms with Crippen LogP contribution in [0.4, 0.5) is 5.82 Å². The Morgan fingerprint density at radius 2 is 2.06 bits per heavy atom. The monoisotopic (exact) mass is 245 g/mol. The first-order valence-electron chi connectivity index (χ1n) is 6.18. The highest BCUT2D eigenvalue weighted by atomic mass is 16.2. The molecule has 2 aromatic rings. The number of benzene rings is 1. The van der Waals surface area contributed by atoms with Gasteiger partial charge in [-0.1, -0.05) is 24.3 Å². The Kier molecular flexibility index (Phi) is 3.99. The molecule has 2 rings (SSSR count). The second-order valence-corrected chi connectivity index (χ2v) is 4.47. The molecule has 0 radical (unpaired) electrons. The predicted octanol–water partition coefficient (Wildman–Crippen LogP) is 1.75. The third kappa shape index (κ3) is 2.71. The molecule has 0 amide bonds. The van der Waals surface area contributed by atoms with Gasteiger partial charge in [-0.15, -0.1) is 0 Å². The van der Waals surface area contributed by atoms with E-state index in [1.807, 2.05) is 16.8 Å². The number of aromatic nitrogens is 2. The van der Waals surface area contributed by atoms with Crippen LogP contribution in [0.2, 0.25) is 0 Å². The number of anilines is 1. The quantitative estimate of drug-likeness (QED) is 0.843. The van der Waals surface area contributed by atoms with Crippen molar-refractivity contribution in [1.82, 2.24) is 9.78 Å². The highest BCUT2D eigenvalue weighted by molar-refractivity contribution is 5.40. The zero-order valence-electron chi connectivity index (χ0n) is 10.6. The minimum absolute atomic E-state index is 0.183. The molecule has 0 atom stereocenters. The van der Waals surface area contributed by atoms with Crippen molar-refractivity contribution in [1.29, 1.82) is 0 Å². The normalized spacial score (nSPS) is 10.8. The molecule has 0 bridgehead atoms. The van der Waals surface area contributed by atoms with Crippen molar-refractivity contribution in [2.45, 2.75) is 26.3 Å². The van der Waals surface area contributed by atoms with Crippen molar-refractivity contribution in [2.24, 2.45) is 0 Å². The van der Waals surface area contributed by atoms with Crippen molar-refractivity contribution >= 4 is 5.82 Å². The van der Waals surface area contributed by atoms with E-state index in [1.54, 1.807) is 6.20 Å². The molecule has 0 fully saturated rings. The van der Waals surface area contributed by atoms with Gasteiger partial charge in [-0.2, -0.15) is 5.10 Å². The van der Waals surface area contributed by atoms with Gasteiger partial charge in [0.2, 0.25) is 0 Å². The molecule has 1 aromatic carbocycles. The van der Waals surface area contributed by atoms with Crippen LogP contribution in [0.25, 0.3) is 0 Å². The molecule has 0 aliphatic carbocycles. The van der Waals surface area contributed by atoms with Crippen molar-refractivity contribution in [3.05, 3.63) is 47.2 Å². The molecule has 0 aliphatic rings. The Labute approximate surface area is 107 Å². The molecule has 1 aromatic heterocycles. The van der Waals surface area contributed by atoms with Gasteiger partial charge in [0.05, 0.1) is 12.7 Å². The van der Waals surface area contributed by atoms with E-state index in [2.05, 4.69) is 24.2 Å². The molecular weight excluding hydrogens is 226 g/mol. The van der Waals surface area contributed by atoms with Crippen molar-refractivity contribution in [3.8, 4) is 0 Å². The van der Waals surface area contributed by atoms with Gasteiger partial charge in [0.1, 0.15) is 5.82 Å². The Bertz CT molecular complexity index is 520. The van der Waals surface area contributed by atoms with Gasteiger partial charge in [-0.3, -0.25) is 0 Å². The minimum Gasteiger partial charge on any atom is -0.396 e. The number of hydrogen-bond donors (Lipinski definition) is 2. The first-order chi connectivity index (χ1) is 8.72. The molecule has 4 heteroatoms. The maximum absolute atomic E-state index is 8.83. The number of aliphatic hydroxyl groups excluding tert-OH is 1. The number of aryl methyl sites for hydroxylation is 2. The first kappa shape index (κ1) is 12.6. The maximum Gasteiger partial charge on any atom is 0.125 e. The fourth-order valence-corrected chi connectivity index (χ4v) is 1.97. The van der Waals surface area contributed by atoms with Crippen LogP contribution in [-0.2, 0) is 13.0 Å². The highest BCUT2D eigenvalue weighted by Crippen LogP contribution is 2.16. The number of nitrogen functional groups attached to an aromatic ring is 1. The van der Waals surface area contributed by atoms with Crippen LogP contribution in [0, 0.1) is 6.92 Å². The summed E-state index contributed by atoms with van der Waals surface area (Å²) in [7, 11) is 0. The Hall–Kier alpha value is -1.81. The average Bonchev–Trinajstić information content (AvgIpc) is 2.71. The fraction of sp³-hybridized carbons (Fsp3) is 0.357.